The zero-order chi connectivity index (χ0) is 8.91. The van der Waals surface area contributed by atoms with Crippen molar-refractivity contribution in [2.24, 2.45) is 0 Å². The Morgan fingerprint density at radius 1 is 1.55 bits per heavy atom. The van der Waals surface area contributed by atoms with E-state index in [0.717, 1.165) is 25.1 Å². The smallest absolute Gasteiger partial charge is 0.0603 e. The van der Waals surface area contributed by atoms with Gasteiger partial charge < -0.3 is 10.4 Å². The highest BCUT2D eigenvalue weighted by Crippen LogP contribution is 2.04. The largest absolute Gasteiger partial charge is 0.390 e. The van der Waals surface area contributed by atoms with Gasteiger partial charge in [-0.05, 0) is 33.7 Å². The molecular weight excluding hydrogens is 138 g/mol. The third-order valence-electron chi connectivity index (χ3n) is 1.34. The van der Waals surface area contributed by atoms with E-state index in [-0.39, 0.29) is 0 Å². The maximum absolute atomic E-state index is 9.32. The van der Waals surface area contributed by atoms with Crippen molar-refractivity contribution >= 4 is 0 Å². The van der Waals surface area contributed by atoms with Gasteiger partial charge in [0.05, 0.1) is 5.60 Å². The fourth-order valence-electron chi connectivity index (χ4n) is 0.696. The number of nitrogens with one attached hydrogen (secondary N) is 1. The van der Waals surface area contributed by atoms with Crippen LogP contribution in [0.25, 0.3) is 0 Å². The van der Waals surface area contributed by atoms with Gasteiger partial charge in [-0.25, -0.2) is 0 Å². The molecular formula is C9H19NO. The quantitative estimate of drug-likeness (QED) is 0.466. The third kappa shape index (κ3) is 9.66. The fraction of sp³-hybridized carbons (Fsp3) is 0.778. The van der Waals surface area contributed by atoms with Gasteiger partial charge in [-0.15, -0.1) is 0 Å². The summed E-state index contributed by atoms with van der Waals surface area (Å²) in [5, 5.41) is 12.5. The van der Waals surface area contributed by atoms with Crippen molar-refractivity contribution in [3.63, 3.8) is 0 Å². The van der Waals surface area contributed by atoms with E-state index in [9.17, 15) is 5.11 Å². The molecule has 0 radical (unpaired) electrons. The molecule has 0 bridgehead atoms. The first-order valence-electron chi connectivity index (χ1n) is 3.99. The summed E-state index contributed by atoms with van der Waals surface area (Å²) in [5.41, 5.74) is 0.572. The lowest BCUT2D eigenvalue weighted by Gasteiger charge is -2.16. The van der Waals surface area contributed by atoms with Crippen molar-refractivity contribution < 1.29 is 5.11 Å². The summed E-state index contributed by atoms with van der Waals surface area (Å²) in [5.74, 6) is 0. The molecule has 0 amide bonds. The summed E-state index contributed by atoms with van der Waals surface area (Å²) in [6.45, 7) is 11.1. The first-order valence-corrected chi connectivity index (χ1v) is 3.99. The first-order chi connectivity index (χ1) is 4.92. The molecule has 0 spiro atoms. The summed E-state index contributed by atoms with van der Waals surface area (Å²) in [7, 11) is 0. The predicted molar refractivity (Wildman–Crippen MR) is 48.6 cm³/mol. The van der Waals surface area contributed by atoms with Crippen LogP contribution in [0.4, 0.5) is 0 Å². The van der Waals surface area contributed by atoms with E-state index >= 15 is 0 Å². The van der Waals surface area contributed by atoms with E-state index in [1.165, 1.54) is 0 Å². The van der Waals surface area contributed by atoms with Crippen molar-refractivity contribution in [2.75, 3.05) is 13.1 Å². The van der Waals surface area contributed by atoms with Gasteiger partial charge in [-0.3, -0.25) is 0 Å². The van der Waals surface area contributed by atoms with Crippen LogP contribution in [0.2, 0.25) is 0 Å². The molecule has 0 unspecified atom stereocenters. The molecule has 0 saturated carbocycles. The van der Waals surface area contributed by atoms with E-state index in [2.05, 4.69) is 11.9 Å². The zero-order valence-electron chi connectivity index (χ0n) is 7.78. The Morgan fingerprint density at radius 2 is 2.09 bits per heavy atom. The average Bonchev–Trinajstić information content (AvgIpc) is 1.78. The predicted octanol–water partition coefficient (Wildman–Crippen LogP) is 1.31. The van der Waals surface area contributed by atoms with Crippen LogP contribution in [0.15, 0.2) is 12.2 Å². The van der Waals surface area contributed by atoms with Crippen molar-refractivity contribution in [2.45, 2.75) is 32.8 Å². The lowest BCUT2D eigenvalue weighted by Crippen LogP contribution is -2.27. The molecule has 0 aliphatic heterocycles. The van der Waals surface area contributed by atoms with Gasteiger partial charge in [0.25, 0.3) is 0 Å². The summed E-state index contributed by atoms with van der Waals surface area (Å²) >= 11 is 0. The van der Waals surface area contributed by atoms with Crippen molar-refractivity contribution in [1.29, 1.82) is 0 Å². The van der Waals surface area contributed by atoms with Gasteiger partial charge in [0, 0.05) is 6.54 Å². The van der Waals surface area contributed by atoms with Crippen LogP contribution in [-0.4, -0.2) is 23.8 Å². The topological polar surface area (TPSA) is 32.3 Å². The molecule has 66 valence electrons. The van der Waals surface area contributed by atoms with E-state index in [4.69, 9.17) is 0 Å². The monoisotopic (exact) mass is 157 g/mol. The highest BCUT2D eigenvalue weighted by Gasteiger charge is 2.10. The molecule has 0 saturated heterocycles. The molecule has 11 heavy (non-hydrogen) atoms. The first kappa shape index (κ1) is 10.7. The minimum Gasteiger partial charge on any atom is -0.390 e. The normalized spacial score (nSPS) is 11.6. The number of aliphatic hydroxyl groups is 1. The highest BCUT2D eigenvalue weighted by atomic mass is 16.3. The summed E-state index contributed by atoms with van der Waals surface area (Å²) in [6, 6.07) is 0. The summed E-state index contributed by atoms with van der Waals surface area (Å²) < 4.78 is 0. The van der Waals surface area contributed by atoms with Crippen LogP contribution in [0, 0.1) is 0 Å². The molecule has 0 atom stereocenters. The van der Waals surface area contributed by atoms with Gasteiger partial charge in [-0.2, -0.15) is 0 Å². The zero-order valence-corrected chi connectivity index (χ0v) is 7.78. The van der Waals surface area contributed by atoms with Crippen LogP contribution in [-0.2, 0) is 0 Å². The molecule has 0 aromatic carbocycles. The minimum atomic E-state index is -0.553. The van der Waals surface area contributed by atoms with E-state index < -0.39 is 5.60 Å². The summed E-state index contributed by atoms with van der Waals surface area (Å²) in [6.07, 6.45) is 0.778. The molecule has 0 heterocycles. The number of hydrogen-bond acceptors (Lipinski definition) is 2. The second-order valence-corrected chi connectivity index (χ2v) is 3.70. The van der Waals surface area contributed by atoms with Gasteiger partial charge in [0.2, 0.25) is 0 Å². The van der Waals surface area contributed by atoms with Gasteiger partial charge in [0.15, 0.2) is 0 Å². The highest BCUT2D eigenvalue weighted by molar-refractivity contribution is 4.90. The van der Waals surface area contributed by atoms with E-state index in [0.29, 0.717) is 0 Å². The van der Waals surface area contributed by atoms with Crippen LogP contribution in [0.1, 0.15) is 27.2 Å². The molecule has 0 fully saturated rings. The second kappa shape index (κ2) is 4.52. The SMILES string of the molecule is C=C(C)CNCCC(C)(C)O. The Kier molecular flexibility index (Phi) is 4.38. The molecule has 2 nitrogen and oxygen atoms in total. The Bertz CT molecular complexity index is 124. The van der Waals surface area contributed by atoms with Crippen molar-refractivity contribution in [3.8, 4) is 0 Å². The molecule has 0 aliphatic carbocycles. The molecule has 0 aromatic heterocycles. The Hall–Kier alpha value is -0.340. The number of hydrogen-bond donors (Lipinski definition) is 2. The van der Waals surface area contributed by atoms with Crippen LogP contribution < -0.4 is 5.32 Å². The van der Waals surface area contributed by atoms with Crippen LogP contribution in [0.5, 0.6) is 0 Å². The van der Waals surface area contributed by atoms with Gasteiger partial charge in [-0.1, -0.05) is 12.2 Å². The average molecular weight is 157 g/mol. The van der Waals surface area contributed by atoms with E-state index in [1.807, 2.05) is 20.8 Å². The Morgan fingerprint density at radius 3 is 2.45 bits per heavy atom. The maximum atomic E-state index is 9.32. The molecule has 0 aromatic rings. The fourth-order valence-corrected chi connectivity index (χ4v) is 0.696. The van der Waals surface area contributed by atoms with Gasteiger partial charge >= 0.3 is 0 Å². The second-order valence-electron chi connectivity index (χ2n) is 3.70. The summed E-state index contributed by atoms with van der Waals surface area (Å²) in [4.78, 5) is 0. The maximum Gasteiger partial charge on any atom is 0.0603 e. The van der Waals surface area contributed by atoms with Crippen molar-refractivity contribution in [1.82, 2.24) is 5.32 Å². The Labute approximate surface area is 69.3 Å². The lowest BCUT2D eigenvalue weighted by molar-refractivity contribution is 0.0714. The molecule has 2 N–H and O–H groups in total. The van der Waals surface area contributed by atoms with Crippen LogP contribution in [0.3, 0.4) is 0 Å². The molecule has 0 aliphatic rings. The lowest BCUT2D eigenvalue weighted by atomic mass is 10.1. The van der Waals surface area contributed by atoms with E-state index in [1.54, 1.807) is 0 Å². The molecule has 2 heteroatoms. The number of rotatable bonds is 5. The van der Waals surface area contributed by atoms with Crippen LogP contribution >= 0.6 is 0 Å². The molecule has 0 rings (SSSR count). The van der Waals surface area contributed by atoms with Crippen molar-refractivity contribution in [3.05, 3.63) is 12.2 Å². The Balaban J connectivity index is 3.22. The third-order valence-corrected chi connectivity index (χ3v) is 1.34. The standard InChI is InChI=1S/C9H19NO/c1-8(2)7-10-6-5-9(3,4)11/h10-11H,1,5-7H2,2-4H3. The minimum absolute atomic E-state index is 0.553. The van der Waals surface area contributed by atoms with Gasteiger partial charge in [0.1, 0.15) is 0 Å².